The molecule has 3 aromatic rings. The topological polar surface area (TPSA) is 67.9 Å². The highest BCUT2D eigenvalue weighted by Gasteiger charge is 2.34. The van der Waals surface area contributed by atoms with Crippen LogP contribution >= 0.6 is 39.9 Å². The molecule has 1 aliphatic rings. The molecule has 0 aliphatic carbocycles. The molecule has 0 bridgehead atoms. The van der Waals surface area contributed by atoms with Crippen LogP contribution in [-0.4, -0.2) is 29.9 Å². The van der Waals surface area contributed by atoms with Crippen molar-refractivity contribution < 1.29 is 19.1 Å². The van der Waals surface area contributed by atoms with Gasteiger partial charge < -0.3 is 14.8 Å². The summed E-state index contributed by atoms with van der Waals surface area (Å²) in [6.45, 7) is 5.75. The minimum Gasteiger partial charge on any atom is -0.493 e. The molecule has 9 heteroatoms. The first kappa shape index (κ1) is 26.9. The Balaban J connectivity index is 1.46. The Morgan fingerprint density at radius 1 is 1.05 bits per heavy atom. The highest BCUT2D eigenvalue weighted by molar-refractivity contribution is 9.10. The second-order valence-corrected chi connectivity index (χ2v) is 11.0. The van der Waals surface area contributed by atoms with Gasteiger partial charge in [-0.15, -0.1) is 0 Å². The number of nitrogens with one attached hydrogen (secondary N) is 1. The lowest BCUT2D eigenvalue weighted by atomic mass is 10.1. The van der Waals surface area contributed by atoms with Crippen LogP contribution in [0.25, 0.3) is 6.08 Å². The van der Waals surface area contributed by atoms with Crippen LogP contribution in [0.3, 0.4) is 0 Å². The predicted molar refractivity (Wildman–Crippen MR) is 158 cm³/mol. The van der Waals surface area contributed by atoms with Gasteiger partial charge in [-0.05, 0) is 95.4 Å². The highest BCUT2D eigenvalue weighted by atomic mass is 79.9. The van der Waals surface area contributed by atoms with Gasteiger partial charge in [-0.25, -0.2) is 0 Å². The van der Waals surface area contributed by atoms with Crippen LogP contribution in [0.1, 0.15) is 22.3 Å². The number of carbonyl (C=O) groups is 2. The van der Waals surface area contributed by atoms with Crippen molar-refractivity contribution in [1.82, 2.24) is 0 Å². The van der Waals surface area contributed by atoms with Gasteiger partial charge in [0, 0.05) is 4.47 Å². The number of thiocarbonyl (C=S) groups is 1. The van der Waals surface area contributed by atoms with E-state index in [2.05, 4.69) is 21.2 Å². The van der Waals surface area contributed by atoms with Crippen molar-refractivity contribution >= 4 is 73.5 Å². The monoisotopic (exact) mass is 596 g/mol. The van der Waals surface area contributed by atoms with Gasteiger partial charge in [0.25, 0.3) is 11.8 Å². The summed E-state index contributed by atoms with van der Waals surface area (Å²) in [5.74, 6) is 0.400. The fourth-order valence-corrected chi connectivity index (χ4v) is 5.58. The molecule has 0 radical (unpaired) electrons. The molecule has 0 spiro atoms. The summed E-state index contributed by atoms with van der Waals surface area (Å²) < 4.78 is 12.5. The largest absolute Gasteiger partial charge is 0.493 e. The third kappa shape index (κ3) is 6.06. The van der Waals surface area contributed by atoms with Gasteiger partial charge in [-0.2, -0.15) is 0 Å². The number of benzene rings is 3. The SMILES string of the molecule is COc1cc(/C=C2/SC(=S)N(c3ccccc3C)C2=O)ccc1OCC(=O)Nc1cc(C)c(C)cc1Br. The molecule has 37 heavy (non-hydrogen) atoms. The highest BCUT2D eigenvalue weighted by Crippen LogP contribution is 2.38. The number of methoxy groups -OCH3 is 1. The Hall–Kier alpha value is -3.14. The van der Waals surface area contributed by atoms with Crippen molar-refractivity contribution in [3.63, 3.8) is 0 Å². The normalized spacial score (nSPS) is 14.3. The number of para-hydroxylation sites is 1. The smallest absolute Gasteiger partial charge is 0.270 e. The Morgan fingerprint density at radius 2 is 1.78 bits per heavy atom. The summed E-state index contributed by atoms with van der Waals surface area (Å²) in [5, 5.41) is 2.86. The van der Waals surface area contributed by atoms with Crippen LogP contribution in [-0.2, 0) is 9.59 Å². The average molecular weight is 598 g/mol. The minimum atomic E-state index is -0.296. The van der Waals surface area contributed by atoms with Crippen molar-refractivity contribution in [2.24, 2.45) is 0 Å². The third-order valence-electron chi connectivity index (χ3n) is 5.85. The molecule has 6 nitrogen and oxygen atoms in total. The lowest BCUT2D eigenvalue weighted by Crippen LogP contribution is -2.28. The van der Waals surface area contributed by atoms with E-state index in [1.165, 1.54) is 18.9 Å². The number of halogens is 1. The van der Waals surface area contributed by atoms with Gasteiger partial charge in [0.2, 0.25) is 0 Å². The average Bonchev–Trinajstić information content (AvgIpc) is 3.14. The van der Waals surface area contributed by atoms with Crippen molar-refractivity contribution in [2.45, 2.75) is 20.8 Å². The van der Waals surface area contributed by atoms with Crippen molar-refractivity contribution in [1.29, 1.82) is 0 Å². The van der Waals surface area contributed by atoms with Gasteiger partial charge in [0.1, 0.15) is 0 Å². The van der Waals surface area contributed by atoms with Gasteiger partial charge in [-0.1, -0.05) is 48.2 Å². The summed E-state index contributed by atoms with van der Waals surface area (Å²) in [6, 6.07) is 16.8. The minimum absolute atomic E-state index is 0.169. The molecule has 1 aliphatic heterocycles. The van der Waals surface area contributed by atoms with Crippen LogP contribution in [0.15, 0.2) is 64.0 Å². The maximum absolute atomic E-state index is 13.1. The van der Waals surface area contributed by atoms with Crippen LogP contribution < -0.4 is 19.7 Å². The molecule has 1 heterocycles. The molecule has 0 saturated carbocycles. The van der Waals surface area contributed by atoms with E-state index >= 15 is 0 Å². The molecule has 3 aromatic carbocycles. The molecule has 2 amide bonds. The van der Waals surface area contributed by atoms with Crippen molar-refractivity contribution in [2.75, 3.05) is 23.9 Å². The Bertz CT molecular complexity index is 1440. The zero-order valence-electron chi connectivity index (χ0n) is 20.8. The second kappa shape index (κ2) is 11.5. The second-order valence-electron chi connectivity index (χ2n) is 8.47. The van der Waals surface area contributed by atoms with Crippen LogP contribution in [0.5, 0.6) is 11.5 Å². The lowest BCUT2D eigenvalue weighted by Gasteiger charge is -2.16. The first-order valence-corrected chi connectivity index (χ1v) is 13.4. The van der Waals surface area contributed by atoms with Crippen LogP contribution in [0, 0.1) is 20.8 Å². The quantitative estimate of drug-likeness (QED) is 0.239. The van der Waals surface area contributed by atoms with E-state index in [-0.39, 0.29) is 18.4 Å². The van der Waals surface area contributed by atoms with Crippen molar-refractivity contribution in [3.8, 4) is 11.5 Å². The maximum Gasteiger partial charge on any atom is 0.270 e. The van der Waals surface area contributed by atoms with Gasteiger partial charge in [-0.3, -0.25) is 14.5 Å². The van der Waals surface area contributed by atoms with E-state index in [1.807, 2.05) is 57.2 Å². The standard InChI is InChI=1S/C28H25BrN2O4S2/c1-16-7-5-6-8-22(16)31-27(33)25(37-28(31)36)14-19-9-10-23(24(13-19)34-4)35-15-26(32)30-21-12-18(3)17(2)11-20(21)29/h5-14H,15H2,1-4H3,(H,30,32)/b25-14+. The molecule has 0 unspecified atom stereocenters. The zero-order valence-corrected chi connectivity index (χ0v) is 24.0. The Kier molecular flexibility index (Phi) is 8.36. The number of nitrogens with zero attached hydrogens (tertiary/aromatic N) is 1. The van der Waals surface area contributed by atoms with Gasteiger partial charge in [0.05, 0.1) is 23.4 Å². The predicted octanol–water partition coefficient (Wildman–Crippen LogP) is 6.81. The lowest BCUT2D eigenvalue weighted by molar-refractivity contribution is -0.118. The molecule has 1 fully saturated rings. The number of hydrogen-bond acceptors (Lipinski definition) is 6. The summed E-state index contributed by atoms with van der Waals surface area (Å²) in [6.07, 6.45) is 1.77. The molecule has 1 N–H and O–H groups in total. The number of thioether (sulfide) groups is 1. The van der Waals surface area contributed by atoms with Crippen LogP contribution in [0.4, 0.5) is 11.4 Å². The molecule has 0 aromatic heterocycles. The van der Waals surface area contributed by atoms with Gasteiger partial charge in [0.15, 0.2) is 22.4 Å². The number of ether oxygens (including phenoxy) is 2. The molecular formula is C28H25BrN2O4S2. The number of aryl methyl sites for hydroxylation is 3. The molecule has 0 atom stereocenters. The molecule has 4 rings (SSSR count). The maximum atomic E-state index is 13.1. The Labute approximate surface area is 234 Å². The summed E-state index contributed by atoms with van der Waals surface area (Å²) >= 11 is 10.2. The van der Waals surface area contributed by atoms with E-state index < -0.39 is 0 Å². The van der Waals surface area contributed by atoms with Gasteiger partial charge >= 0.3 is 0 Å². The fraction of sp³-hybridized carbons (Fsp3) is 0.179. The number of rotatable bonds is 7. The van der Waals surface area contributed by atoms with E-state index in [1.54, 1.807) is 29.2 Å². The fourth-order valence-electron chi connectivity index (χ4n) is 3.74. The zero-order chi connectivity index (χ0) is 26.7. The molecule has 190 valence electrons. The van der Waals surface area contributed by atoms with E-state index in [0.29, 0.717) is 26.4 Å². The first-order valence-electron chi connectivity index (χ1n) is 11.4. The summed E-state index contributed by atoms with van der Waals surface area (Å²) in [4.78, 5) is 27.7. The first-order chi connectivity index (χ1) is 17.7. The molecule has 1 saturated heterocycles. The Morgan fingerprint density at radius 3 is 2.51 bits per heavy atom. The number of anilines is 2. The number of amides is 2. The van der Waals surface area contributed by atoms with E-state index in [4.69, 9.17) is 21.7 Å². The summed E-state index contributed by atoms with van der Waals surface area (Å²) in [5.41, 5.74) is 5.38. The number of carbonyl (C=O) groups excluding carboxylic acids is 2. The van der Waals surface area contributed by atoms with Crippen LogP contribution in [0.2, 0.25) is 0 Å². The molecular weight excluding hydrogens is 572 g/mol. The van der Waals surface area contributed by atoms with Crippen molar-refractivity contribution in [3.05, 3.63) is 86.2 Å². The van der Waals surface area contributed by atoms with E-state index in [0.717, 1.165) is 32.4 Å². The van der Waals surface area contributed by atoms with E-state index in [9.17, 15) is 9.59 Å². The third-order valence-corrected chi connectivity index (χ3v) is 7.81. The summed E-state index contributed by atoms with van der Waals surface area (Å²) in [7, 11) is 1.52. The number of hydrogen-bond donors (Lipinski definition) is 1.